The maximum atomic E-state index is 12.5. The van der Waals surface area contributed by atoms with Crippen molar-refractivity contribution in [1.82, 2.24) is 29.8 Å². The van der Waals surface area contributed by atoms with Gasteiger partial charge in [-0.1, -0.05) is 36.9 Å². The molecule has 0 aromatic carbocycles. The van der Waals surface area contributed by atoms with Gasteiger partial charge in [-0.3, -0.25) is 4.79 Å². The number of carbonyl (C=O) groups excluding carboxylic acids is 1. The zero-order valence-electron chi connectivity index (χ0n) is 15.4. The third kappa shape index (κ3) is 4.01. The van der Waals surface area contributed by atoms with E-state index in [0.717, 1.165) is 28.4 Å². The van der Waals surface area contributed by atoms with Crippen molar-refractivity contribution in [3.05, 3.63) is 22.0 Å². The highest BCUT2D eigenvalue weighted by Crippen LogP contribution is 2.20. The van der Waals surface area contributed by atoms with E-state index in [9.17, 15) is 4.79 Å². The van der Waals surface area contributed by atoms with Crippen molar-refractivity contribution in [2.24, 2.45) is 5.92 Å². The van der Waals surface area contributed by atoms with Crippen LogP contribution in [0.5, 0.6) is 0 Å². The molecule has 0 aliphatic rings. The Labute approximate surface area is 159 Å². The van der Waals surface area contributed by atoms with Gasteiger partial charge in [-0.25, -0.2) is 9.50 Å². The van der Waals surface area contributed by atoms with Crippen LogP contribution in [0.1, 0.15) is 35.8 Å². The molecule has 0 aliphatic heterocycles. The number of thioether (sulfide) groups is 1. The monoisotopic (exact) mass is 391 g/mol. The van der Waals surface area contributed by atoms with Crippen molar-refractivity contribution < 1.29 is 4.79 Å². The van der Waals surface area contributed by atoms with Crippen molar-refractivity contribution >= 4 is 39.9 Å². The highest BCUT2D eigenvalue weighted by molar-refractivity contribution is 7.98. The number of rotatable bonds is 6. The van der Waals surface area contributed by atoms with Crippen LogP contribution in [0.15, 0.2) is 5.16 Å². The van der Waals surface area contributed by atoms with Crippen LogP contribution in [-0.4, -0.2) is 41.9 Å². The van der Waals surface area contributed by atoms with Gasteiger partial charge >= 0.3 is 0 Å². The number of anilines is 1. The minimum absolute atomic E-state index is 0.144. The number of hydrogen-bond donors (Lipinski definition) is 1. The van der Waals surface area contributed by atoms with Crippen molar-refractivity contribution in [3.8, 4) is 0 Å². The first-order chi connectivity index (χ1) is 12.4. The first-order valence-corrected chi connectivity index (χ1v) is 10.3. The molecule has 0 saturated heterocycles. The first kappa shape index (κ1) is 18.7. The summed E-state index contributed by atoms with van der Waals surface area (Å²) in [6, 6.07) is 0. The summed E-state index contributed by atoms with van der Waals surface area (Å²) in [6.45, 7) is 8.06. The SMILES string of the molecule is CSc1nc2nc(C)c(CC(=O)Nc3nnc(CC(C)C)s3)c(C)n2n1. The van der Waals surface area contributed by atoms with E-state index in [1.54, 1.807) is 4.52 Å². The van der Waals surface area contributed by atoms with E-state index in [1.165, 1.54) is 23.1 Å². The highest BCUT2D eigenvalue weighted by atomic mass is 32.2. The minimum atomic E-state index is -0.144. The lowest BCUT2D eigenvalue weighted by atomic mass is 10.1. The average Bonchev–Trinajstić information content (AvgIpc) is 3.17. The number of nitrogens with one attached hydrogen (secondary N) is 1. The molecule has 1 amide bonds. The summed E-state index contributed by atoms with van der Waals surface area (Å²) in [5, 5.41) is 17.5. The van der Waals surface area contributed by atoms with E-state index in [-0.39, 0.29) is 12.3 Å². The summed E-state index contributed by atoms with van der Waals surface area (Å²) >= 11 is 2.88. The molecule has 10 heteroatoms. The maximum absolute atomic E-state index is 12.5. The smallest absolute Gasteiger partial charge is 0.253 e. The molecule has 0 unspecified atom stereocenters. The van der Waals surface area contributed by atoms with Gasteiger partial charge in [-0.05, 0) is 26.0 Å². The maximum Gasteiger partial charge on any atom is 0.253 e. The van der Waals surface area contributed by atoms with E-state index in [4.69, 9.17) is 0 Å². The van der Waals surface area contributed by atoms with E-state index >= 15 is 0 Å². The Hall–Kier alpha value is -2.07. The van der Waals surface area contributed by atoms with Gasteiger partial charge in [0.1, 0.15) is 5.01 Å². The Morgan fingerprint density at radius 1 is 1.27 bits per heavy atom. The molecule has 0 bridgehead atoms. The molecule has 3 aromatic heterocycles. The molecule has 3 rings (SSSR count). The van der Waals surface area contributed by atoms with E-state index in [2.05, 4.69) is 44.4 Å². The predicted molar refractivity (Wildman–Crippen MR) is 103 cm³/mol. The minimum Gasteiger partial charge on any atom is -0.300 e. The number of nitrogens with zero attached hydrogens (tertiary/aromatic N) is 6. The van der Waals surface area contributed by atoms with E-state index in [1.807, 2.05) is 20.1 Å². The number of fused-ring (bicyclic) bond motifs is 1. The first-order valence-electron chi connectivity index (χ1n) is 8.26. The van der Waals surface area contributed by atoms with Crippen LogP contribution in [0.3, 0.4) is 0 Å². The van der Waals surface area contributed by atoms with Crippen LogP contribution in [0.25, 0.3) is 5.78 Å². The number of aryl methyl sites for hydroxylation is 2. The van der Waals surface area contributed by atoms with Crippen LogP contribution in [0.4, 0.5) is 5.13 Å². The molecule has 8 nitrogen and oxygen atoms in total. The molecule has 1 N–H and O–H groups in total. The Bertz CT molecular complexity index is 948. The normalized spacial score (nSPS) is 11.5. The second-order valence-electron chi connectivity index (χ2n) is 6.40. The number of hydrogen-bond acceptors (Lipinski definition) is 8. The fourth-order valence-electron chi connectivity index (χ4n) is 2.59. The van der Waals surface area contributed by atoms with Gasteiger partial charge in [0, 0.05) is 23.4 Å². The molecule has 0 radical (unpaired) electrons. The molecule has 3 heterocycles. The van der Waals surface area contributed by atoms with E-state index in [0.29, 0.717) is 22.0 Å². The molecular weight excluding hydrogens is 370 g/mol. The number of amides is 1. The van der Waals surface area contributed by atoms with Crippen LogP contribution in [-0.2, 0) is 17.6 Å². The Morgan fingerprint density at radius 2 is 2.04 bits per heavy atom. The second-order valence-corrected chi connectivity index (χ2v) is 8.23. The van der Waals surface area contributed by atoms with Gasteiger partial charge in [-0.2, -0.15) is 4.98 Å². The Kier molecular flexibility index (Phi) is 5.52. The molecule has 0 saturated carbocycles. The van der Waals surface area contributed by atoms with Gasteiger partial charge < -0.3 is 5.32 Å². The second kappa shape index (κ2) is 7.67. The fraction of sp³-hybridized carbons (Fsp3) is 0.500. The van der Waals surface area contributed by atoms with Gasteiger partial charge in [0.25, 0.3) is 5.78 Å². The lowest BCUT2D eigenvalue weighted by Gasteiger charge is -2.09. The molecule has 0 spiro atoms. The van der Waals surface area contributed by atoms with Gasteiger partial charge in [-0.15, -0.1) is 15.3 Å². The third-order valence-corrected chi connectivity index (χ3v) is 5.24. The molecule has 26 heavy (non-hydrogen) atoms. The largest absolute Gasteiger partial charge is 0.300 e. The average molecular weight is 392 g/mol. The third-order valence-electron chi connectivity index (χ3n) is 3.85. The number of carbonyl (C=O) groups is 1. The Balaban J connectivity index is 1.77. The zero-order chi connectivity index (χ0) is 18.8. The molecule has 0 atom stereocenters. The van der Waals surface area contributed by atoms with Crippen LogP contribution in [0.2, 0.25) is 0 Å². The van der Waals surface area contributed by atoms with Crippen LogP contribution >= 0.6 is 23.1 Å². The van der Waals surface area contributed by atoms with Crippen molar-refractivity contribution in [1.29, 1.82) is 0 Å². The van der Waals surface area contributed by atoms with E-state index < -0.39 is 0 Å². The summed E-state index contributed by atoms with van der Waals surface area (Å²) in [5.41, 5.74) is 2.50. The van der Waals surface area contributed by atoms with Crippen LogP contribution < -0.4 is 5.32 Å². The molecule has 3 aromatic rings. The number of aromatic nitrogens is 6. The lowest BCUT2D eigenvalue weighted by molar-refractivity contribution is -0.115. The Morgan fingerprint density at radius 3 is 2.73 bits per heavy atom. The summed E-state index contributed by atoms with van der Waals surface area (Å²) in [6.07, 6.45) is 2.98. The van der Waals surface area contributed by atoms with Crippen LogP contribution in [0, 0.1) is 19.8 Å². The standard InChI is InChI=1S/C16H21N7OS2/c1-8(2)6-13-20-21-15(26-13)18-12(24)7-11-9(3)17-14-19-16(25-5)22-23(14)10(11)4/h8H,6-7H2,1-5H3,(H,18,21,24). The summed E-state index contributed by atoms with van der Waals surface area (Å²) in [7, 11) is 0. The zero-order valence-corrected chi connectivity index (χ0v) is 17.0. The van der Waals surface area contributed by atoms with Crippen molar-refractivity contribution in [3.63, 3.8) is 0 Å². The molecule has 138 valence electrons. The predicted octanol–water partition coefficient (Wildman–Crippen LogP) is 2.69. The molecular formula is C16H21N7OS2. The van der Waals surface area contributed by atoms with Crippen molar-refractivity contribution in [2.45, 2.75) is 45.7 Å². The highest BCUT2D eigenvalue weighted by Gasteiger charge is 2.17. The molecule has 0 aliphatic carbocycles. The van der Waals surface area contributed by atoms with Gasteiger partial charge in [0.2, 0.25) is 16.2 Å². The quantitative estimate of drug-likeness (QED) is 0.645. The van der Waals surface area contributed by atoms with Gasteiger partial charge in [0.05, 0.1) is 6.42 Å². The lowest BCUT2D eigenvalue weighted by Crippen LogP contribution is -2.17. The summed E-state index contributed by atoms with van der Waals surface area (Å²) < 4.78 is 1.69. The van der Waals surface area contributed by atoms with Gasteiger partial charge in [0.15, 0.2) is 0 Å². The van der Waals surface area contributed by atoms with Crippen molar-refractivity contribution in [2.75, 3.05) is 11.6 Å². The molecule has 0 fully saturated rings. The summed E-state index contributed by atoms with van der Waals surface area (Å²) in [5.74, 6) is 0.911. The fourth-order valence-corrected chi connectivity index (χ4v) is 3.90. The topological polar surface area (TPSA) is 98.0 Å². The summed E-state index contributed by atoms with van der Waals surface area (Å²) in [4.78, 5) is 21.3.